The number of nitrogens with one attached hydrogen (secondary N) is 1. The van der Waals surface area contributed by atoms with Crippen molar-refractivity contribution in [1.82, 2.24) is 5.32 Å². The molecular weight excluding hydrogens is 283 g/mol. The third kappa shape index (κ3) is 3.21. The first kappa shape index (κ1) is 12.0. The highest BCUT2D eigenvalue weighted by Crippen LogP contribution is 2.25. The molecule has 0 aliphatic rings. The lowest BCUT2D eigenvalue weighted by atomic mass is 10.2. The second kappa shape index (κ2) is 5.14. The summed E-state index contributed by atoms with van der Waals surface area (Å²) >= 11 is 9.07. The normalized spacial score (nSPS) is 9.73. The summed E-state index contributed by atoms with van der Waals surface area (Å²) in [5.41, 5.74) is 5.19. The van der Waals surface area contributed by atoms with E-state index < -0.39 is 11.8 Å². The van der Waals surface area contributed by atoms with E-state index in [1.807, 2.05) is 0 Å². The zero-order valence-electron chi connectivity index (χ0n) is 7.59. The molecule has 0 heterocycles. The second-order valence-corrected chi connectivity index (χ2v) is 3.98. The smallest absolute Gasteiger partial charge is 0.253 e. The van der Waals surface area contributed by atoms with Crippen LogP contribution in [0.15, 0.2) is 22.7 Å². The Morgan fingerprint density at radius 1 is 1.47 bits per heavy atom. The Hall–Kier alpha value is -1.07. The van der Waals surface area contributed by atoms with Crippen LogP contribution in [0.2, 0.25) is 5.02 Å². The average Bonchev–Trinajstić information content (AvgIpc) is 2.18. The Bertz CT molecular complexity index is 409. The van der Waals surface area contributed by atoms with Crippen LogP contribution >= 0.6 is 27.5 Å². The first-order valence-corrected chi connectivity index (χ1v) is 5.20. The van der Waals surface area contributed by atoms with E-state index in [0.29, 0.717) is 15.1 Å². The molecule has 0 bridgehead atoms. The Kier molecular flexibility index (Phi) is 4.11. The third-order valence-electron chi connectivity index (χ3n) is 1.62. The van der Waals surface area contributed by atoms with Gasteiger partial charge >= 0.3 is 0 Å². The van der Waals surface area contributed by atoms with Gasteiger partial charge in [-0.3, -0.25) is 9.59 Å². The highest BCUT2D eigenvalue weighted by atomic mass is 79.9. The van der Waals surface area contributed by atoms with Crippen molar-refractivity contribution in [1.29, 1.82) is 0 Å². The quantitative estimate of drug-likeness (QED) is 0.881. The molecule has 15 heavy (non-hydrogen) atoms. The van der Waals surface area contributed by atoms with Gasteiger partial charge in [0.25, 0.3) is 5.91 Å². The standard InChI is InChI=1S/C9H8BrClN2O2/c10-6-3-1-2-5(8(6)11)9(15)13-4-7(12)14/h1-3H,4H2,(H2,12,14)(H,13,15). The molecule has 0 aromatic heterocycles. The fourth-order valence-electron chi connectivity index (χ4n) is 0.942. The molecule has 0 aliphatic heterocycles. The third-order valence-corrected chi connectivity index (χ3v) is 2.92. The maximum atomic E-state index is 11.5. The van der Waals surface area contributed by atoms with Gasteiger partial charge in [0.2, 0.25) is 5.91 Å². The van der Waals surface area contributed by atoms with E-state index in [1.165, 1.54) is 0 Å². The van der Waals surface area contributed by atoms with Gasteiger partial charge in [0.15, 0.2) is 0 Å². The van der Waals surface area contributed by atoms with Gasteiger partial charge in [-0.05, 0) is 28.1 Å². The maximum absolute atomic E-state index is 11.5. The minimum Gasteiger partial charge on any atom is -0.368 e. The Labute approximate surface area is 99.9 Å². The SMILES string of the molecule is NC(=O)CNC(=O)c1cccc(Br)c1Cl. The molecule has 1 aromatic rings. The second-order valence-electron chi connectivity index (χ2n) is 2.75. The van der Waals surface area contributed by atoms with Crippen molar-refractivity contribution in [2.45, 2.75) is 0 Å². The molecule has 4 nitrogen and oxygen atoms in total. The summed E-state index contributed by atoms with van der Waals surface area (Å²) in [4.78, 5) is 22.0. The van der Waals surface area contributed by atoms with Crippen LogP contribution in [-0.2, 0) is 4.79 Å². The van der Waals surface area contributed by atoms with Crippen molar-refractivity contribution in [3.8, 4) is 0 Å². The molecule has 0 atom stereocenters. The molecular formula is C9H8BrClN2O2. The van der Waals surface area contributed by atoms with Crippen LogP contribution in [0.3, 0.4) is 0 Å². The number of rotatable bonds is 3. The number of nitrogens with two attached hydrogens (primary N) is 1. The van der Waals surface area contributed by atoms with Gasteiger partial charge < -0.3 is 11.1 Å². The topological polar surface area (TPSA) is 72.2 Å². The van der Waals surface area contributed by atoms with Crippen LogP contribution in [0.1, 0.15) is 10.4 Å². The van der Waals surface area contributed by atoms with Gasteiger partial charge in [-0.15, -0.1) is 0 Å². The molecule has 3 N–H and O–H groups in total. The number of benzene rings is 1. The molecule has 1 rings (SSSR count). The minimum absolute atomic E-state index is 0.207. The van der Waals surface area contributed by atoms with Crippen molar-refractivity contribution in [3.63, 3.8) is 0 Å². The van der Waals surface area contributed by atoms with Crippen molar-refractivity contribution >= 4 is 39.3 Å². The Morgan fingerprint density at radius 2 is 2.13 bits per heavy atom. The highest BCUT2D eigenvalue weighted by molar-refractivity contribution is 9.10. The first-order chi connectivity index (χ1) is 7.02. The molecule has 0 saturated carbocycles. The van der Waals surface area contributed by atoms with E-state index in [2.05, 4.69) is 21.2 Å². The molecule has 0 fully saturated rings. The number of hydrogen-bond acceptors (Lipinski definition) is 2. The molecule has 0 aliphatic carbocycles. The molecule has 1 aromatic carbocycles. The lowest BCUT2D eigenvalue weighted by molar-refractivity contribution is -0.117. The molecule has 6 heteroatoms. The monoisotopic (exact) mass is 290 g/mol. The van der Waals surface area contributed by atoms with E-state index in [9.17, 15) is 9.59 Å². The zero-order valence-corrected chi connectivity index (χ0v) is 9.93. The average molecular weight is 292 g/mol. The summed E-state index contributed by atoms with van der Waals surface area (Å²) in [7, 11) is 0. The van der Waals surface area contributed by atoms with E-state index in [-0.39, 0.29) is 6.54 Å². The molecule has 0 radical (unpaired) electrons. The lowest BCUT2D eigenvalue weighted by Gasteiger charge is -2.05. The molecule has 80 valence electrons. The van der Waals surface area contributed by atoms with Crippen LogP contribution in [-0.4, -0.2) is 18.4 Å². The van der Waals surface area contributed by atoms with E-state index in [1.54, 1.807) is 18.2 Å². The van der Waals surface area contributed by atoms with Crippen molar-refractivity contribution < 1.29 is 9.59 Å². The van der Waals surface area contributed by atoms with Crippen molar-refractivity contribution in [2.75, 3.05) is 6.54 Å². The predicted molar refractivity (Wildman–Crippen MR) is 60.7 cm³/mol. The van der Waals surface area contributed by atoms with Gasteiger partial charge in [-0.1, -0.05) is 17.7 Å². The summed E-state index contributed by atoms with van der Waals surface area (Å²) in [6.07, 6.45) is 0. The number of carbonyl (C=O) groups excluding carboxylic acids is 2. The van der Waals surface area contributed by atoms with Crippen LogP contribution in [0.25, 0.3) is 0 Å². The number of primary amides is 1. The summed E-state index contributed by atoms with van der Waals surface area (Å²) in [5, 5.41) is 2.65. The van der Waals surface area contributed by atoms with Crippen LogP contribution < -0.4 is 11.1 Å². The Morgan fingerprint density at radius 3 is 2.73 bits per heavy atom. The van der Waals surface area contributed by atoms with Gasteiger partial charge in [-0.2, -0.15) is 0 Å². The van der Waals surface area contributed by atoms with Crippen molar-refractivity contribution in [2.24, 2.45) is 5.73 Å². The van der Waals surface area contributed by atoms with Crippen LogP contribution in [0, 0.1) is 0 Å². The first-order valence-electron chi connectivity index (χ1n) is 4.03. The molecule has 0 saturated heterocycles. The summed E-state index contributed by atoms with van der Waals surface area (Å²) in [6.45, 7) is -0.207. The number of halogens is 2. The van der Waals surface area contributed by atoms with Crippen LogP contribution in [0.5, 0.6) is 0 Å². The maximum Gasteiger partial charge on any atom is 0.253 e. The van der Waals surface area contributed by atoms with E-state index >= 15 is 0 Å². The molecule has 0 unspecified atom stereocenters. The van der Waals surface area contributed by atoms with Crippen molar-refractivity contribution in [3.05, 3.63) is 33.3 Å². The van der Waals surface area contributed by atoms with Gasteiger partial charge in [0, 0.05) is 4.47 Å². The van der Waals surface area contributed by atoms with E-state index in [0.717, 1.165) is 0 Å². The molecule has 0 spiro atoms. The van der Waals surface area contributed by atoms with Gasteiger partial charge in [0.05, 0.1) is 17.1 Å². The lowest BCUT2D eigenvalue weighted by Crippen LogP contribution is -2.33. The van der Waals surface area contributed by atoms with Crippen LogP contribution in [0.4, 0.5) is 0 Å². The largest absolute Gasteiger partial charge is 0.368 e. The van der Waals surface area contributed by atoms with E-state index in [4.69, 9.17) is 17.3 Å². The van der Waals surface area contributed by atoms with Gasteiger partial charge in [-0.25, -0.2) is 0 Å². The minimum atomic E-state index is -0.602. The number of amides is 2. The Balaban J connectivity index is 2.82. The zero-order chi connectivity index (χ0) is 11.4. The summed E-state index contributed by atoms with van der Waals surface area (Å²) in [5.74, 6) is -1.03. The predicted octanol–water partition coefficient (Wildman–Crippen LogP) is 1.32. The number of carbonyl (C=O) groups is 2. The summed E-state index contributed by atoms with van der Waals surface area (Å²) < 4.78 is 0.621. The van der Waals surface area contributed by atoms with Gasteiger partial charge in [0.1, 0.15) is 0 Å². The summed E-state index contributed by atoms with van der Waals surface area (Å²) in [6, 6.07) is 4.95. The highest BCUT2D eigenvalue weighted by Gasteiger charge is 2.12. The number of hydrogen-bond donors (Lipinski definition) is 2. The fourth-order valence-corrected chi connectivity index (χ4v) is 1.52. The molecule has 2 amide bonds. The fraction of sp³-hybridized carbons (Fsp3) is 0.111.